The molecule has 0 bridgehead atoms. The molecule has 0 unspecified atom stereocenters. The van der Waals surface area contributed by atoms with Crippen molar-refractivity contribution in [3.05, 3.63) is 35.7 Å². The zero-order chi connectivity index (χ0) is 13.6. The van der Waals surface area contributed by atoms with Crippen LogP contribution in [0.3, 0.4) is 0 Å². The van der Waals surface area contributed by atoms with Gasteiger partial charge in [0.1, 0.15) is 11.5 Å². The van der Waals surface area contributed by atoms with Gasteiger partial charge in [0.25, 0.3) is 0 Å². The Balaban J connectivity index is 2.32. The summed E-state index contributed by atoms with van der Waals surface area (Å²) in [4.78, 5) is 15.7. The van der Waals surface area contributed by atoms with Crippen molar-refractivity contribution < 1.29 is 14.3 Å². The summed E-state index contributed by atoms with van der Waals surface area (Å²) in [5.74, 6) is 0.284. The highest BCUT2D eigenvalue weighted by atomic mass is 16.4. The molecule has 0 saturated heterocycles. The number of hydrogen-bond donors (Lipinski definition) is 1. The monoisotopic (exact) mass is 257 g/mol. The lowest BCUT2D eigenvalue weighted by Crippen LogP contribution is -2.00. The molecule has 1 N–H and O–H groups in total. The van der Waals surface area contributed by atoms with E-state index in [1.54, 1.807) is 17.8 Å². The molecular weight excluding hydrogens is 246 g/mol. The molecule has 0 amide bonds. The molecule has 0 aliphatic heterocycles. The average Bonchev–Trinajstić information content (AvgIpc) is 2.95. The van der Waals surface area contributed by atoms with Crippen LogP contribution in [-0.4, -0.2) is 25.8 Å². The molecule has 96 valence electrons. The fourth-order valence-corrected chi connectivity index (χ4v) is 1.99. The molecule has 0 aliphatic carbocycles. The van der Waals surface area contributed by atoms with Gasteiger partial charge in [0.15, 0.2) is 11.4 Å². The second-order valence-corrected chi connectivity index (χ2v) is 4.28. The molecule has 3 aromatic rings. The first kappa shape index (κ1) is 11.5. The number of carbonyl (C=O) groups is 1. The van der Waals surface area contributed by atoms with Gasteiger partial charge in [0, 0.05) is 7.05 Å². The molecule has 0 aromatic carbocycles. The smallest absolute Gasteiger partial charge is 0.336 e. The van der Waals surface area contributed by atoms with Crippen molar-refractivity contribution in [1.82, 2.24) is 14.8 Å². The number of fused-ring (bicyclic) bond motifs is 1. The van der Waals surface area contributed by atoms with Gasteiger partial charge in [-0.3, -0.25) is 4.68 Å². The van der Waals surface area contributed by atoms with E-state index >= 15 is 0 Å². The molecule has 3 heterocycles. The van der Waals surface area contributed by atoms with Crippen LogP contribution in [0, 0.1) is 6.92 Å². The number of furan rings is 1. The molecule has 0 fully saturated rings. The standard InChI is InChI=1S/C13H11N3O3/c1-7-3-4-11(19-7)10-5-8(13(17)18)9-6-14-16(2)12(9)15-10/h3-6H,1-2H3,(H,17,18). The summed E-state index contributed by atoms with van der Waals surface area (Å²) in [6.07, 6.45) is 1.50. The minimum Gasteiger partial charge on any atom is -0.478 e. The van der Waals surface area contributed by atoms with E-state index < -0.39 is 5.97 Å². The highest BCUT2D eigenvalue weighted by molar-refractivity contribution is 6.02. The van der Waals surface area contributed by atoms with Crippen LogP contribution in [0.5, 0.6) is 0 Å². The minimum atomic E-state index is -1.01. The number of pyridine rings is 1. The summed E-state index contributed by atoms with van der Waals surface area (Å²) in [7, 11) is 1.72. The second-order valence-electron chi connectivity index (χ2n) is 4.28. The number of rotatable bonds is 2. The topological polar surface area (TPSA) is 81.1 Å². The zero-order valence-electron chi connectivity index (χ0n) is 10.4. The Hall–Kier alpha value is -2.63. The number of carboxylic acid groups (broad SMARTS) is 1. The summed E-state index contributed by atoms with van der Waals surface area (Å²) in [6.45, 7) is 1.82. The molecule has 0 saturated carbocycles. The third-order valence-corrected chi connectivity index (χ3v) is 2.93. The van der Waals surface area contributed by atoms with Crippen molar-refractivity contribution in [2.75, 3.05) is 0 Å². The fraction of sp³-hybridized carbons (Fsp3) is 0.154. The molecule has 0 atom stereocenters. The van der Waals surface area contributed by atoms with Crippen LogP contribution in [0.1, 0.15) is 16.1 Å². The number of aryl methyl sites for hydroxylation is 2. The van der Waals surface area contributed by atoms with Crippen LogP contribution in [0.4, 0.5) is 0 Å². The van der Waals surface area contributed by atoms with E-state index in [0.29, 0.717) is 22.5 Å². The minimum absolute atomic E-state index is 0.169. The Morgan fingerprint density at radius 2 is 2.21 bits per heavy atom. The summed E-state index contributed by atoms with van der Waals surface area (Å²) in [5.41, 5.74) is 1.17. The number of carboxylic acids is 1. The van der Waals surface area contributed by atoms with Gasteiger partial charge in [-0.1, -0.05) is 0 Å². The predicted octanol–water partition coefficient (Wildman–Crippen LogP) is 2.23. The molecule has 0 spiro atoms. The van der Waals surface area contributed by atoms with E-state index in [1.165, 1.54) is 12.3 Å². The SMILES string of the molecule is Cc1ccc(-c2cc(C(=O)O)c3cnn(C)c3n2)o1. The van der Waals surface area contributed by atoms with Crippen molar-refractivity contribution in [2.45, 2.75) is 6.92 Å². The first-order valence-electron chi connectivity index (χ1n) is 5.69. The van der Waals surface area contributed by atoms with Gasteiger partial charge in [0.05, 0.1) is 17.1 Å². The molecule has 0 aliphatic rings. The second kappa shape index (κ2) is 3.94. The molecule has 3 rings (SSSR count). The number of hydrogen-bond acceptors (Lipinski definition) is 4. The van der Waals surface area contributed by atoms with Crippen molar-refractivity contribution >= 4 is 17.0 Å². The third kappa shape index (κ3) is 1.77. The van der Waals surface area contributed by atoms with Gasteiger partial charge in [-0.05, 0) is 25.1 Å². The van der Waals surface area contributed by atoms with E-state index in [2.05, 4.69) is 10.1 Å². The summed E-state index contributed by atoms with van der Waals surface area (Å²) in [6, 6.07) is 5.08. The lowest BCUT2D eigenvalue weighted by molar-refractivity contribution is 0.0699. The molecule has 3 aromatic heterocycles. The maximum absolute atomic E-state index is 11.3. The maximum atomic E-state index is 11.3. The Morgan fingerprint density at radius 3 is 2.84 bits per heavy atom. The van der Waals surface area contributed by atoms with Crippen LogP contribution < -0.4 is 0 Å². The van der Waals surface area contributed by atoms with Crippen molar-refractivity contribution in [3.63, 3.8) is 0 Å². The van der Waals surface area contributed by atoms with Crippen LogP contribution in [-0.2, 0) is 7.05 Å². The van der Waals surface area contributed by atoms with E-state index in [4.69, 9.17) is 4.42 Å². The third-order valence-electron chi connectivity index (χ3n) is 2.93. The summed E-state index contributed by atoms with van der Waals surface area (Å²) >= 11 is 0. The van der Waals surface area contributed by atoms with E-state index in [0.717, 1.165) is 5.76 Å². The lowest BCUT2D eigenvalue weighted by Gasteiger charge is -2.02. The Morgan fingerprint density at radius 1 is 1.42 bits per heavy atom. The summed E-state index contributed by atoms with van der Waals surface area (Å²) < 4.78 is 7.03. The molecule has 6 heteroatoms. The number of aromatic nitrogens is 3. The maximum Gasteiger partial charge on any atom is 0.336 e. The Labute approximate surface area is 108 Å². The first-order chi connectivity index (χ1) is 9.06. The van der Waals surface area contributed by atoms with Gasteiger partial charge in [-0.25, -0.2) is 9.78 Å². The van der Waals surface area contributed by atoms with E-state index in [9.17, 15) is 9.90 Å². The van der Waals surface area contributed by atoms with Gasteiger partial charge >= 0.3 is 5.97 Å². The Bertz CT molecular complexity index is 786. The van der Waals surface area contributed by atoms with Crippen LogP contribution in [0.15, 0.2) is 28.8 Å². The van der Waals surface area contributed by atoms with Crippen molar-refractivity contribution in [3.8, 4) is 11.5 Å². The highest BCUT2D eigenvalue weighted by Crippen LogP contribution is 2.25. The van der Waals surface area contributed by atoms with Gasteiger partial charge in [0.2, 0.25) is 0 Å². The Kier molecular flexibility index (Phi) is 2.38. The van der Waals surface area contributed by atoms with Gasteiger partial charge < -0.3 is 9.52 Å². The molecule has 0 radical (unpaired) electrons. The van der Waals surface area contributed by atoms with E-state index in [-0.39, 0.29) is 5.56 Å². The predicted molar refractivity (Wildman–Crippen MR) is 67.9 cm³/mol. The van der Waals surface area contributed by atoms with Crippen LogP contribution in [0.2, 0.25) is 0 Å². The lowest BCUT2D eigenvalue weighted by atomic mass is 10.1. The summed E-state index contributed by atoms with van der Waals surface area (Å²) in [5, 5.41) is 13.8. The van der Waals surface area contributed by atoms with Crippen molar-refractivity contribution in [1.29, 1.82) is 0 Å². The molecule has 6 nitrogen and oxygen atoms in total. The van der Waals surface area contributed by atoms with Crippen LogP contribution in [0.25, 0.3) is 22.5 Å². The van der Waals surface area contributed by atoms with E-state index in [1.807, 2.05) is 13.0 Å². The van der Waals surface area contributed by atoms with Gasteiger partial charge in [-0.15, -0.1) is 0 Å². The largest absolute Gasteiger partial charge is 0.478 e. The highest BCUT2D eigenvalue weighted by Gasteiger charge is 2.16. The number of aromatic carboxylic acids is 1. The van der Waals surface area contributed by atoms with Gasteiger partial charge in [-0.2, -0.15) is 5.10 Å². The molecular formula is C13H11N3O3. The average molecular weight is 257 g/mol. The van der Waals surface area contributed by atoms with Crippen LogP contribution >= 0.6 is 0 Å². The number of nitrogens with zero attached hydrogens (tertiary/aromatic N) is 3. The fourth-order valence-electron chi connectivity index (χ4n) is 1.99. The molecule has 19 heavy (non-hydrogen) atoms. The quantitative estimate of drug-likeness (QED) is 0.761. The zero-order valence-corrected chi connectivity index (χ0v) is 10.4. The normalized spacial score (nSPS) is 11.1. The van der Waals surface area contributed by atoms with Crippen molar-refractivity contribution in [2.24, 2.45) is 7.05 Å². The first-order valence-corrected chi connectivity index (χ1v) is 5.69.